The SMILES string of the molecule is CC(C)C(=O)C1CCCN(c2ccc(F)cc2F)C1=O. The molecule has 1 saturated heterocycles. The van der Waals surface area contributed by atoms with Gasteiger partial charge in [0.2, 0.25) is 5.91 Å². The summed E-state index contributed by atoms with van der Waals surface area (Å²) in [7, 11) is 0. The molecule has 1 heterocycles. The van der Waals surface area contributed by atoms with Crippen LogP contribution >= 0.6 is 0 Å². The van der Waals surface area contributed by atoms with E-state index in [9.17, 15) is 18.4 Å². The second-order valence-corrected chi connectivity index (χ2v) is 5.34. The van der Waals surface area contributed by atoms with E-state index in [0.717, 1.165) is 12.1 Å². The highest BCUT2D eigenvalue weighted by Gasteiger charge is 2.36. The van der Waals surface area contributed by atoms with E-state index in [1.165, 1.54) is 11.0 Å². The maximum Gasteiger partial charge on any atom is 0.237 e. The lowest BCUT2D eigenvalue weighted by Crippen LogP contribution is -2.45. The van der Waals surface area contributed by atoms with E-state index in [4.69, 9.17) is 0 Å². The molecule has 0 aliphatic carbocycles. The van der Waals surface area contributed by atoms with E-state index in [2.05, 4.69) is 0 Å². The summed E-state index contributed by atoms with van der Waals surface area (Å²) in [6, 6.07) is 3.10. The third kappa shape index (κ3) is 2.71. The molecular weight excluding hydrogens is 264 g/mol. The van der Waals surface area contributed by atoms with Gasteiger partial charge in [-0.05, 0) is 25.0 Å². The number of Topliss-reactive ketones (excluding diaryl/α,β-unsaturated/α-hetero) is 1. The molecule has 1 aliphatic heterocycles. The number of halogens is 2. The van der Waals surface area contributed by atoms with Gasteiger partial charge in [0, 0.05) is 18.5 Å². The van der Waals surface area contributed by atoms with Gasteiger partial charge in [0.15, 0.2) is 0 Å². The Kier molecular flexibility index (Phi) is 4.16. The topological polar surface area (TPSA) is 37.4 Å². The molecule has 1 atom stereocenters. The molecule has 3 nitrogen and oxygen atoms in total. The lowest BCUT2D eigenvalue weighted by atomic mass is 9.87. The molecule has 0 radical (unpaired) electrons. The van der Waals surface area contributed by atoms with Crippen LogP contribution in [0.4, 0.5) is 14.5 Å². The number of amides is 1. The number of piperidine rings is 1. The van der Waals surface area contributed by atoms with Gasteiger partial charge in [0.1, 0.15) is 17.4 Å². The molecule has 0 spiro atoms. The Morgan fingerprint density at radius 2 is 2.05 bits per heavy atom. The van der Waals surface area contributed by atoms with Gasteiger partial charge in [0.05, 0.1) is 11.6 Å². The van der Waals surface area contributed by atoms with Crippen molar-refractivity contribution in [3.05, 3.63) is 29.8 Å². The summed E-state index contributed by atoms with van der Waals surface area (Å²) < 4.78 is 26.7. The van der Waals surface area contributed by atoms with E-state index in [0.29, 0.717) is 19.4 Å². The molecular formula is C15H17F2NO2. The average molecular weight is 281 g/mol. The minimum Gasteiger partial charge on any atom is -0.309 e. The van der Waals surface area contributed by atoms with Crippen LogP contribution in [0.3, 0.4) is 0 Å². The lowest BCUT2D eigenvalue weighted by molar-refractivity contribution is -0.135. The van der Waals surface area contributed by atoms with Crippen molar-refractivity contribution in [2.75, 3.05) is 11.4 Å². The van der Waals surface area contributed by atoms with Crippen molar-refractivity contribution in [3.63, 3.8) is 0 Å². The van der Waals surface area contributed by atoms with E-state index >= 15 is 0 Å². The first-order chi connectivity index (χ1) is 9.41. The standard InChI is InChI=1S/C15H17F2NO2/c1-9(2)14(19)11-4-3-7-18(15(11)20)13-6-5-10(16)8-12(13)17/h5-6,8-9,11H,3-4,7H2,1-2H3. The molecule has 0 bridgehead atoms. The average Bonchev–Trinajstić information content (AvgIpc) is 2.39. The summed E-state index contributed by atoms with van der Waals surface area (Å²) in [5.74, 6) is -2.93. The predicted octanol–water partition coefficient (Wildman–Crippen LogP) is 2.93. The molecule has 0 N–H and O–H groups in total. The molecule has 0 saturated carbocycles. The van der Waals surface area contributed by atoms with Crippen LogP contribution in [-0.2, 0) is 9.59 Å². The zero-order valence-electron chi connectivity index (χ0n) is 11.5. The van der Waals surface area contributed by atoms with Crippen molar-refractivity contribution in [1.82, 2.24) is 0 Å². The Bertz CT molecular complexity index is 543. The minimum absolute atomic E-state index is 0.0395. The molecule has 1 aromatic carbocycles. The summed E-state index contributed by atoms with van der Waals surface area (Å²) in [4.78, 5) is 25.6. The highest BCUT2D eigenvalue weighted by Crippen LogP contribution is 2.28. The molecule has 5 heteroatoms. The molecule has 1 amide bonds. The Balaban J connectivity index is 2.28. The summed E-state index contributed by atoms with van der Waals surface area (Å²) in [5, 5.41) is 0. The molecule has 20 heavy (non-hydrogen) atoms. The van der Waals surface area contributed by atoms with Crippen LogP contribution in [0.2, 0.25) is 0 Å². The Morgan fingerprint density at radius 3 is 2.65 bits per heavy atom. The zero-order chi connectivity index (χ0) is 14.9. The van der Waals surface area contributed by atoms with Crippen LogP contribution in [-0.4, -0.2) is 18.2 Å². The van der Waals surface area contributed by atoms with Gasteiger partial charge in [-0.3, -0.25) is 9.59 Å². The van der Waals surface area contributed by atoms with Gasteiger partial charge in [-0.1, -0.05) is 13.8 Å². The number of carbonyl (C=O) groups excluding carboxylic acids is 2. The normalized spacial score (nSPS) is 19.6. The first-order valence-electron chi connectivity index (χ1n) is 6.72. The second-order valence-electron chi connectivity index (χ2n) is 5.34. The van der Waals surface area contributed by atoms with Crippen molar-refractivity contribution < 1.29 is 18.4 Å². The lowest BCUT2D eigenvalue weighted by Gasteiger charge is -2.32. The van der Waals surface area contributed by atoms with Crippen LogP contribution in [0.5, 0.6) is 0 Å². The number of benzene rings is 1. The number of hydrogen-bond donors (Lipinski definition) is 0. The fourth-order valence-corrected chi connectivity index (χ4v) is 2.48. The molecule has 0 aromatic heterocycles. The largest absolute Gasteiger partial charge is 0.309 e. The molecule has 2 rings (SSSR count). The van der Waals surface area contributed by atoms with Gasteiger partial charge in [-0.25, -0.2) is 8.78 Å². The minimum atomic E-state index is -0.781. The molecule has 1 unspecified atom stereocenters. The van der Waals surface area contributed by atoms with Crippen LogP contribution in [0.25, 0.3) is 0 Å². The monoisotopic (exact) mass is 281 g/mol. The molecule has 1 aliphatic rings. The van der Waals surface area contributed by atoms with Crippen LogP contribution in [0.15, 0.2) is 18.2 Å². The number of ketones is 1. The van der Waals surface area contributed by atoms with Crippen LogP contribution in [0, 0.1) is 23.5 Å². The quantitative estimate of drug-likeness (QED) is 0.799. The van der Waals surface area contributed by atoms with Crippen molar-refractivity contribution in [2.45, 2.75) is 26.7 Å². The van der Waals surface area contributed by atoms with Crippen molar-refractivity contribution in [3.8, 4) is 0 Å². The molecule has 108 valence electrons. The molecule has 1 aromatic rings. The third-order valence-electron chi connectivity index (χ3n) is 3.55. The Morgan fingerprint density at radius 1 is 1.35 bits per heavy atom. The number of anilines is 1. The first-order valence-corrected chi connectivity index (χ1v) is 6.72. The fraction of sp³-hybridized carbons (Fsp3) is 0.467. The van der Waals surface area contributed by atoms with Crippen LogP contribution < -0.4 is 4.90 Å². The second kappa shape index (κ2) is 5.69. The van der Waals surface area contributed by atoms with Crippen LogP contribution in [0.1, 0.15) is 26.7 Å². The smallest absolute Gasteiger partial charge is 0.237 e. The number of nitrogens with zero attached hydrogens (tertiary/aromatic N) is 1. The van der Waals surface area contributed by atoms with Gasteiger partial charge >= 0.3 is 0 Å². The predicted molar refractivity (Wildman–Crippen MR) is 71.3 cm³/mol. The summed E-state index contributed by atoms with van der Waals surface area (Å²) in [6.07, 6.45) is 1.13. The fourth-order valence-electron chi connectivity index (χ4n) is 2.48. The number of hydrogen-bond acceptors (Lipinski definition) is 2. The Labute approximate surface area is 116 Å². The van der Waals surface area contributed by atoms with Crippen molar-refractivity contribution in [1.29, 1.82) is 0 Å². The van der Waals surface area contributed by atoms with Crippen molar-refractivity contribution >= 4 is 17.4 Å². The first kappa shape index (κ1) is 14.6. The molecule has 1 fully saturated rings. The van der Waals surface area contributed by atoms with Gasteiger partial charge < -0.3 is 4.90 Å². The van der Waals surface area contributed by atoms with Gasteiger partial charge in [0.25, 0.3) is 0 Å². The van der Waals surface area contributed by atoms with E-state index in [1.54, 1.807) is 13.8 Å². The van der Waals surface area contributed by atoms with E-state index in [-0.39, 0.29) is 23.3 Å². The highest BCUT2D eigenvalue weighted by atomic mass is 19.1. The van der Waals surface area contributed by atoms with E-state index in [1.807, 2.05) is 0 Å². The zero-order valence-corrected chi connectivity index (χ0v) is 11.5. The maximum atomic E-state index is 13.8. The summed E-state index contributed by atoms with van der Waals surface area (Å²) in [5.41, 5.74) is 0.0395. The van der Waals surface area contributed by atoms with Gasteiger partial charge in [-0.2, -0.15) is 0 Å². The van der Waals surface area contributed by atoms with Crippen molar-refractivity contribution in [2.24, 2.45) is 11.8 Å². The number of carbonyl (C=O) groups is 2. The third-order valence-corrected chi connectivity index (χ3v) is 3.55. The summed E-state index contributed by atoms with van der Waals surface area (Å²) in [6.45, 7) is 3.84. The van der Waals surface area contributed by atoms with E-state index < -0.39 is 17.6 Å². The number of rotatable bonds is 3. The summed E-state index contributed by atoms with van der Waals surface area (Å²) >= 11 is 0. The Hall–Kier alpha value is -1.78. The maximum absolute atomic E-state index is 13.8. The van der Waals surface area contributed by atoms with Gasteiger partial charge in [-0.15, -0.1) is 0 Å². The highest BCUT2D eigenvalue weighted by molar-refractivity contribution is 6.09.